The van der Waals surface area contributed by atoms with Crippen LogP contribution in [0.15, 0.2) is 18.2 Å². The zero-order chi connectivity index (χ0) is 13.5. The third kappa shape index (κ3) is 3.50. The number of hydrogen-bond acceptors (Lipinski definition) is 3. The normalized spacial score (nSPS) is 10.9. The largest absolute Gasteiger partial charge is 0.373 e. The molecule has 0 saturated carbocycles. The van der Waals surface area contributed by atoms with E-state index in [0.717, 1.165) is 6.07 Å². The van der Waals surface area contributed by atoms with Crippen LogP contribution in [0.25, 0.3) is 0 Å². The molecule has 0 aliphatic rings. The van der Waals surface area contributed by atoms with E-state index in [-0.39, 0.29) is 18.0 Å². The van der Waals surface area contributed by atoms with Crippen molar-refractivity contribution >= 4 is 11.6 Å². The van der Waals surface area contributed by atoms with E-state index in [0.29, 0.717) is 5.69 Å². The van der Waals surface area contributed by atoms with Gasteiger partial charge in [0.15, 0.2) is 0 Å². The summed E-state index contributed by atoms with van der Waals surface area (Å²) < 4.78 is 12.9. The van der Waals surface area contributed by atoms with Crippen molar-refractivity contribution in [3.05, 3.63) is 29.6 Å². The molecule has 1 amide bonds. The number of halogens is 1. The number of carbonyl (C=O) groups is 1. The van der Waals surface area contributed by atoms with Gasteiger partial charge in [0.05, 0.1) is 17.8 Å². The van der Waals surface area contributed by atoms with Crippen LogP contribution in [0.5, 0.6) is 0 Å². The first kappa shape index (κ1) is 13.5. The zero-order valence-electron chi connectivity index (χ0n) is 9.83. The summed E-state index contributed by atoms with van der Waals surface area (Å²) in [6, 6.07) is 5.02. The maximum Gasteiger partial charge on any atom is 0.242 e. The van der Waals surface area contributed by atoms with Crippen LogP contribution in [0.3, 0.4) is 0 Å². The van der Waals surface area contributed by atoms with Crippen LogP contribution in [0.1, 0.15) is 12.5 Å². The van der Waals surface area contributed by atoms with Crippen molar-refractivity contribution in [2.45, 2.75) is 13.0 Å². The molecule has 1 atom stereocenters. The third-order valence-electron chi connectivity index (χ3n) is 2.23. The van der Waals surface area contributed by atoms with Crippen LogP contribution in [0, 0.1) is 29.5 Å². The lowest BCUT2D eigenvalue weighted by Crippen LogP contribution is -2.37. The monoisotopic (exact) mass is 245 g/mol. The maximum absolute atomic E-state index is 12.9. The highest BCUT2D eigenvalue weighted by Crippen LogP contribution is 2.16. The quantitative estimate of drug-likeness (QED) is 0.784. The molecule has 1 unspecified atom stereocenters. The van der Waals surface area contributed by atoms with Gasteiger partial charge in [-0.2, -0.15) is 5.26 Å². The van der Waals surface area contributed by atoms with E-state index < -0.39 is 11.9 Å². The van der Waals surface area contributed by atoms with Crippen LogP contribution in [-0.4, -0.2) is 18.5 Å². The summed E-state index contributed by atoms with van der Waals surface area (Å²) >= 11 is 0. The molecule has 0 aliphatic heterocycles. The number of nitrogens with one attached hydrogen (secondary N) is 2. The van der Waals surface area contributed by atoms with E-state index in [9.17, 15) is 9.18 Å². The highest BCUT2D eigenvalue weighted by atomic mass is 19.1. The van der Waals surface area contributed by atoms with Gasteiger partial charge in [0.1, 0.15) is 17.9 Å². The summed E-state index contributed by atoms with van der Waals surface area (Å²) in [5.74, 6) is 1.50. The molecule has 2 N–H and O–H groups in total. The van der Waals surface area contributed by atoms with Crippen molar-refractivity contribution in [2.24, 2.45) is 0 Å². The SMILES string of the molecule is C#CCNC(=O)C(C)Nc1ccc(F)cc1C#N. The van der Waals surface area contributed by atoms with Gasteiger partial charge in [0.2, 0.25) is 5.91 Å². The summed E-state index contributed by atoms with van der Waals surface area (Å²) in [5, 5.41) is 14.2. The van der Waals surface area contributed by atoms with Gasteiger partial charge in [-0.05, 0) is 25.1 Å². The van der Waals surface area contributed by atoms with Gasteiger partial charge in [0, 0.05) is 0 Å². The summed E-state index contributed by atoms with van der Waals surface area (Å²) in [6.07, 6.45) is 5.02. The zero-order valence-corrected chi connectivity index (χ0v) is 9.83. The molecule has 0 fully saturated rings. The Labute approximate surface area is 105 Å². The molecule has 0 spiro atoms. The number of amides is 1. The van der Waals surface area contributed by atoms with Crippen molar-refractivity contribution in [1.29, 1.82) is 5.26 Å². The van der Waals surface area contributed by atoms with Crippen molar-refractivity contribution in [2.75, 3.05) is 11.9 Å². The Kier molecular flexibility index (Phi) is 4.71. The molecule has 0 saturated heterocycles. The van der Waals surface area contributed by atoms with Gasteiger partial charge in [0.25, 0.3) is 0 Å². The molecule has 1 aromatic carbocycles. The lowest BCUT2D eigenvalue weighted by atomic mass is 10.1. The fourth-order valence-corrected chi connectivity index (χ4v) is 1.32. The molecule has 0 bridgehead atoms. The maximum atomic E-state index is 12.9. The minimum atomic E-state index is -0.573. The summed E-state index contributed by atoms with van der Waals surface area (Å²) in [5.41, 5.74) is 0.550. The average Bonchev–Trinajstić information content (AvgIpc) is 2.37. The van der Waals surface area contributed by atoms with Gasteiger partial charge in [-0.3, -0.25) is 4.79 Å². The molecule has 1 aromatic rings. The fraction of sp³-hybridized carbons (Fsp3) is 0.231. The van der Waals surface area contributed by atoms with Crippen LogP contribution in [0.2, 0.25) is 0 Å². The first-order valence-corrected chi connectivity index (χ1v) is 5.26. The molecule has 5 heteroatoms. The van der Waals surface area contributed by atoms with Crippen molar-refractivity contribution in [1.82, 2.24) is 5.32 Å². The number of terminal acetylenes is 1. The number of carbonyl (C=O) groups excluding carboxylic acids is 1. The van der Waals surface area contributed by atoms with Gasteiger partial charge >= 0.3 is 0 Å². The van der Waals surface area contributed by atoms with Gasteiger partial charge in [-0.15, -0.1) is 6.42 Å². The van der Waals surface area contributed by atoms with E-state index in [2.05, 4.69) is 16.6 Å². The average molecular weight is 245 g/mol. The molecular formula is C13H12FN3O. The molecule has 92 valence electrons. The number of hydrogen-bond donors (Lipinski definition) is 2. The standard InChI is InChI=1S/C13H12FN3O/c1-3-6-16-13(18)9(2)17-12-5-4-11(14)7-10(12)8-15/h1,4-5,7,9,17H,6H2,2H3,(H,16,18). The number of nitriles is 1. The Balaban J connectivity index is 2.76. The van der Waals surface area contributed by atoms with Crippen LogP contribution in [0.4, 0.5) is 10.1 Å². The van der Waals surface area contributed by atoms with Crippen molar-refractivity contribution in [3.8, 4) is 18.4 Å². The molecule has 0 heterocycles. The number of benzene rings is 1. The molecule has 18 heavy (non-hydrogen) atoms. The molecule has 1 rings (SSSR count). The second-order valence-electron chi connectivity index (χ2n) is 3.59. The lowest BCUT2D eigenvalue weighted by Gasteiger charge is -2.15. The number of nitrogens with zero attached hydrogens (tertiary/aromatic N) is 1. The molecular weight excluding hydrogens is 233 g/mol. The Hall–Kier alpha value is -2.53. The predicted octanol–water partition coefficient (Wildman–Crippen LogP) is 1.25. The first-order valence-electron chi connectivity index (χ1n) is 5.26. The fourth-order valence-electron chi connectivity index (χ4n) is 1.32. The van der Waals surface area contributed by atoms with Crippen LogP contribution < -0.4 is 10.6 Å². The third-order valence-corrected chi connectivity index (χ3v) is 2.23. The predicted molar refractivity (Wildman–Crippen MR) is 66.0 cm³/mol. The van der Waals surface area contributed by atoms with E-state index >= 15 is 0 Å². The van der Waals surface area contributed by atoms with E-state index in [1.54, 1.807) is 6.92 Å². The second kappa shape index (κ2) is 6.27. The van der Waals surface area contributed by atoms with Crippen molar-refractivity contribution in [3.63, 3.8) is 0 Å². The van der Waals surface area contributed by atoms with Crippen molar-refractivity contribution < 1.29 is 9.18 Å². The summed E-state index contributed by atoms with van der Waals surface area (Å²) in [4.78, 5) is 11.5. The van der Waals surface area contributed by atoms with Gasteiger partial charge in [-0.1, -0.05) is 5.92 Å². The highest BCUT2D eigenvalue weighted by molar-refractivity contribution is 5.84. The molecule has 0 aromatic heterocycles. The molecule has 0 aliphatic carbocycles. The topological polar surface area (TPSA) is 64.9 Å². The number of rotatable bonds is 4. The van der Waals surface area contributed by atoms with E-state index in [1.807, 2.05) is 6.07 Å². The smallest absolute Gasteiger partial charge is 0.242 e. The van der Waals surface area contributed by atoms with Crippen LogP contribution >= 0.6 is 0 Å². The minimum absolute atomic E-state index is 0.138. The lowest BCUT2D eigenvalue weighted by molar-refractivity contribution is -0.121. The Morgan fingerprint density at radius 2 is 2.33 bits per heavy atom. The Morgan fingerprint density at radius 3 is 2.94 bits per heavy atom. The van der Waals surface area contributed by atoms with Gasteiger partial charge < -0.3 is 10.6 Å². The van der Waals surface area contributed by atoms with E-state index in [1.165, 1.54) is 12.1 Å². The first-order chi connectivity index (χ1) is 8.58. The minimum Gasteiger partial charge on any atom is -0.373 e. The Morgan fingerprint density at radius 1 is 1.61 bits per heavy atom. The number of anilines is 1. The summed E-state index contributed by atoms with van der Waals surface area (Å²) in [7, 11) is 0. The van der Waals surface area contributed by atoms with Crippen LogP contribution in [-0.2, 0) is 4.79 Å². The summed E-state index contributed by atoms with van der Waals surface area (Å²) in [6.45, 7) is 1.76. The Bertz CT molecular complexity index is 528. The molecule has 4 nitrogen and oxygen atoms in total. The highest BCUT2D eigenvalue weighted by Gasteiger charge is 2.13. The van der Waals surface area contributed by atoms with E-state index in [4.69, 9.17) is 11.7 Å². The van der Waals surface area contributed by atoms with Gasteiger partial charge in [-0.25, -0.2) is 4.39 Å². The molecule has 0 radical (unpaired) electrons. The second-order valence-corrected chi connectivity index (χ2v) is 3.59.